The van der Waals surface area contributed by atoms with Gasteiger partial charge in [0.1, 0.15) is 5.76 Å². The Bertz CT molecular complexity index is 757. The third-order valence-electron chi connectivity index (χ3n) is 4.44. The van der Waals surface area contributed by atoms with Crippen molar-refractivity contribution in [3.63, 3.8) is 0 Å². The lowest BCUT2D eigenvalue weighted by Gasteiger charge is -2.30. The fourth-order valence-electron chi connectivity index (χ4n) is 3.14. The van der Waals surface area contributed by atoms with Crippen LogP contribution in [0.25, 0.3) is 11.3 Å². The summed E-state index contributed by atoms with van der Waals surface area (Å²) in [5.41, 5.74) is 0.651. The standard InChI is InChI=1S/C18H17ClF3NO2/c19-14-7-2-1-6-13(14)15-8-9-16(25-15)17(24)23-12-5-3-4-11(10-12)18(20,21)22/h1-2,6-9,11-12H,3-5,10H2,(H,23,24). The Morgan fingerprint density at radius 3 is 2.64 bits per heavy atom. The number of alkyl halides is 3. The van der Waals surface area contributed by atoms with Crippen molar-refractivity contribution in [1.82, 2.24) is 5.32 Å². The van der Waals surface area contributed by atoms with E-state index < -0.39 is 24.0 Å². The van der Waals surface area contributed by atoms with E-state index in [0.29, 0.717) is 29.2 Å². The summed E-state index contributed by atoms with van der Waals surface area (Å²) in [6.45, 7) is 0. The van der Waals surface area contributed by atoms with Crippen LogP contribution in [0.4, 0.5) is 13.2 Å². The van der Waals surface area contributed by atoms with Crippen molar-refractivity contribution < 1.29 is 22.4 Å². The molecule has 0 bridgehead atoms. The number of nitrogens with one attached hydrogen (secondary N) is 1. The summed E-state index contributed by atoms with van der Waals surface area (Å²) in [4.78, 5) is 12.3. The zero-order valence-electron chi connectivity index (χ0n) is 13.3. The molecule has 1 fully saturated rings. The van der Waals surface area contributed by atoms with Crippen molar-refractivity contribution in [1.29, 1.82) is 0 Å². The van der Waals surface area contributed by atoms with Gasteiger partial charge in [-0.15, -0.1) is 0 Å². The lowest BCUT2D eigenvalue weighted by atomic mass is 9.85. The van der Waals surface area contributed by atoms with E-state index in [1.807, 2.05) is 0 Å². The third kappa shape index (κ3) is 4.18. The highest BCUT2D eigenvalue weighted by molar-refractivity contribution is 6.33. The fraction of sp³-hybridized carbons (Fsp3) is 0.389. The zero-order chi connectivity index (χ0) is 18.0. The maximum absolute atomic E-state index is 12.9. The highest BCUT2D eigenvalue weighted by Crippen LogP contribution is 2.37. The highest BCUT2D eigenvalue weighted by atomic mass is 35.5. The van der Waals surface area contributed by atoms with Gasteiger partial charge in [-0.05, 0) is 43.5 Å². The first kappa shape index (κ1) is 17.9. The molecule has 1 heterocycles. The molecule has 1 aromatic heterocycles. The molecule has 3 rings (SSSR count). The second-order valence-electron chi connectivity index (χ2n) is 6.22. The molecule has 1 aliphatic carbocycles. The predicted molar refractivity (Wildman–Crippen MR) is 88.4 cm³/mol. The van der Waals surface area contributed by atoms with E-state index in [-0.39, 0.29) is 18.6 Å². The number of carbonyl (C=O) groups is 1. The highest BCUT2D eigenvalue weighted by Gasteiger charge is 2.42. The summed E-state index contributed by atoms with van der Waals surface area (Å²) in [6.07, 6.45) is -3.21. The molecular formula is C18H17ClF3NO2. The van der Waals surface area contributed by atoms with Crippen molar-refractivity contribution in [2.24, 2.45) is 5.92 Å². The Balaban J connectivity index is 1.67. The van der Waals surface area contributed by atoms with Crippen LogP contribution in [0.2, 0.25) is 5.02 Å². The summed E-state index contributed by atoms with van der Waals surface area (Å²) in [5.74, 6) is -1.37. The molecule has 1 saturated carbocycles. The van der Waals surface area contributed by atoms with Gasteiger partial charge in [-0.3, -0.25) is 4.79 Å². The lowest BCUT2D eigenvalue weighted by Crippen LogP contribution is -2.41. The Kier molecular flexibility index (Phi) is 5.08. The summed E-state index contributed by atoms with van der Waals surface area (Å²) >= 11 is 6.09. The van der Waals surface area contributed by atoms with E-state index in [9.17, 15) is 18.0 Å². The smallest absolute Gasteiger partial charge is 0.391 e. The number of hydrogen-bond donors (Lipinski definition) is 1. The van der Waals surface area contributed by atoms with E-state index in [4.69, 9.17) is 16.0 Å². The van der Waals surface area contributed by atoms with Crippen molar-refractivity contribution in [3.05, 3.63) is 47.2 Å². The van der Waals surface area contributed by atoms with E-state index in [1.54, 1.807) is 30.3 Å². The van der Waals surface area contributed by atoms with Gasteiger partial charge >= 0.3 is 6.18 Å². The molecule has 2 atom stereocenters. The van der Waals surface area contributed by atoms with Gasteiger partial charge in [0.05, 0.1) is 10.9 Å². The number of hydrogen-bond acceptors (Lipinski definition) is 2. The Morgan fingerprint density at radius 1 is 1.16 bits per heavy atom. The van der Waals surface area contributed by atoms with Crippen LogP contribution in [0.15, 0.2) is 40.8 Å². The van der Waals surface area contributed by atoms with Crippen LogP contribution in [0.3, 0.4) is 0 Å². The molecule has 0 spiro atoms. The van der Waals surface area contributed by atoms with Crippen molar-refractivity contribution in [2.75, 3.05) is 0 Å². The minimum Gasteiger partial charge on any atom is -0.451 e. The Morgan fingerprint density at radius 2 is 1.92 bits per heavy atom. The number of halogens is 4. The monoisotopic (exact) mass is 371 g/mol. The maximum Gasteiger partial charge on any atom is 0.391 e. The molecule has 0 aliphatic heterocycles. The topological polar surface area (TPSA) is 42.2 Å². The van der Waals surface area contributed by atoms with Gasteiger partial charge < -0.3 is 9.73 Å². The van der Waals surface area contributed by atoms with Crippen molar-refractivity contribution in [2.45, 2.75) is 37.9 Å². The van der Waals surface area contributed by atoms with E-state index in [2.05, 4.69) is 5.32 Å². The van der Waals surface area contributed by atoms with Crippen LogP contribution in [-0.2, 0) is 0 Å². The molecule has 0 radical (unpaired) electrons. The van der Waals surface area contributed by atoms with Gasteiger partial charge in [0.15, 0.2) is 5.76 Å². The first-order chi connectivity index (χ1) is 11.8. The summed E-state index contributed by atoms with van der Waals surface area (Å²) in [5, 5.41) is 3.14. The summed E-state index contributed by atoms with van der Waals surface area (Å²) in [7, 11) is 0. The molecule has 1 aliphatic rings. The largest absolute Gasteiger partial charge is 0.451 e. The van der Waals surface area contributed by atoms with Gasteiger partial charge in [-0.2, -0.15) is 13.2 Å². The van der Waals surface area contributed by atoms with Crippen molar-refractivity contribution in [3.8, 4) is 11.3 Å². The van der Waals surface area contributed by atoms with Gasteiger partial charge in [-0.25, -0.2) is 0 Å². The Labute approximate surface area is 148 Å². The van der Waals surface area contributed by atoms with Crippen LogP contribution >= 0.6 is 11.6 Å². The Hall–Kier alpha value is -1.95. The molecule has 25 heavy (non-hydrogen) atoms. The van der Waals surface area contributed by atoms with Crippen LogP contribution < -0.4 is 5.32 Å². The maximum atomic E-state index is 12.9. The van der Waals surface area contributed by atoms with Gasteiger partial charge in [0, 0.05) is 11.6 Å². The number of rotatable bonds is 3. The van der Waals surface area contributed by atoms with Crippen LogP contribution in [0, 0.1) is 5.92 Å². The van der Waals surface area contributed by atoms with Crippen LogP contribution in [0.1, 0.15) is 36.2 Å². The van der Waals surface area contributed by atoms with E-state index in [0.717, 1.165) is 0 Å². The lowest BCUT2D eigenvalue weighted by molar-refractivity contribution is -0.183. The molecule has 3 nitrogen and oxygen atoms in total. The molecule has 2 aromatic rings. The molecule has 2 unspecified atom stereocenters. The number of carbonyl (C=O) groups excluding carboxylic acids is 1. The van der Waals surface area contributed by atoms with Crippen LogP contribution in [0.5, 0.6) is 0 Å². The van der Waals surface area contributed by atoms with Gasteiger partial charge in [0.25, 0.3) is 5.91 Å². The van der Waals surface area contributed by atoms with Crippen LogP contribution in [-0.4, -0.2) is 18.1 Å². The minimum absolute atomic E-state index is 0.0593. The number of amides is 1. The molecule has 1 N–H and O–H groups in total. The zero-order valence-corrected chi connectivity index (χ0v) is 14.0. The molecule has 7 heteroatoms. The van der Waals surface area contributed by atoms with E-state index >= 15 is 0 Å². The molecule has 134 valence electrons. The first-order valence-corrected chi connectivity index (χ1v) is 8.44. The normalized spacial score (nSPS) is 21.1. The second kappa shape index (κ2) is 7.12. The summed E-state index contributed by atoms with van der Waals surface area (Å²) < 4.78 is 44.1. The quantitative estimate of drug-likeness (QED) is 0.779. The molecule has 1 aromatic carbocycles. The molecule has 1 amide bonds. The average molecular weight is 372 g/mol. The molecule has 0 saturated heterocycles. The SMILES string of the molecule is O=C(NC1CCCC(C(F)(F)F)C1)c1ccc(-c2ccccc2Cl)o1. The third-order valence-corrected chi connectivity index (χ3v) is 4.77. The summed E-state index contributed by atoms with van der Waals surface area (Å²) in [6, 6.07) is 9.66. The number of furan rings is 1. The average Bonchev–Trinajstić information content (AvgIpc) is 3.04. The van der Waals surface area contributed by atoms with E-state index in [1.165, 1.54) is 6.07 Å². The van der Waals surface area contributed by atoms with Gasteiger partial charge in [0.2, 0.25) is 0 Å². The second-order valence-corrected chi connectivity index (χ2v) is 6.63. The molecular weight excluding hydrogens is 355 g/mol. The van der Waals surface area contributed by atoms with Crippen molar-refractivity contribution >= 4 is 17.5 Å². The number of benzene rings is 1. The fourth-order valence-corrected chi connectivity index (χ4v) is 3.37. The first-order valence-electron chi connectivity index (χ1n) is 8.07. The minimum atomic E-state index is -4.22. The van der Waals surface area contributed by atoms with Gasteiger partial charge in [-0.1, -0.05) is 30.2 Å². The predicted octanol–water partition coefficient (Wildman–Crippen LogP) is 5.45.